The lowest BCUT2D eigenvalue weighted by atomic mass is 9.95. The first kappa shape index (κ1) is 22.1. The molecule has 2 aliphatic rings. The second kappa shape index (κ2) is 8.93. The Morgan fingerprint density at radius 2 is 1.76 bits per heavy atom. The van der Waals surface area contributed by atoms with Gasteiger partial charge in [0.15, 0.2) is 11.6 Å². The molecular weight excluding hydrogens is 443 g/mol. The maximum Gasteiger partial charge on any atom is 0.295 e. The summed E-state index contributed by atoms with van der Waals surface area (Å²) in [6.45, 7) is 3.09. The van der Waals surface area contributed by atoms with Crippen LogP contribution in [0, 0.1) is 11.7 Å². The van der Waals surface area contributed by atoms with Crippen LogP contribution in [0.1, 0.15) is 23.2 Å². The molecule has 2 amide bonds. The lowest BCUT2D eigenvalue weighted by Crippen LogP contribution is -2.54. The van der Waals surface area contributed by atoms with E-state index in [0.29, 0.717) is 13.1 Å². The molecule has 5 rings (SSSR count). The number of hydrogen-bond acceptors (Lipinski definition) is 7. The molecule has 1 N–H and O–H groups in total. The molecule has 2 fully saturated rings. The number of fused-ring (bicyclic) bond motifs is 1. The van der Waals surface area contributed by atoms with Crippen molar-refractivity contribution in [2.24, 2.45) is 5.92 Å². The zero-order valence-electron chi connectivity index (χ0n) is 18.8. The minimum Gasteiger partial charge on any atom is -0.357 e. The standard InChI is InChI=1S/C22H25FN8O3/c1-28-5-2-14(3-6-28)21(33)29-8-10-30(11-9-29)22(34)19(32)15-12-24-18-17(15)16(23)13-25-20(18)31-7-4-26-27-31/h4,7,12-14,24H,2-3,5-6,8-11H2,1H3. The van der Waals surface area contributed by atoms with E-state index in [1.54, 1.807) is 11.1 Å². The number of amides is 2. The van der Waals surface area contributed by atoms with Crippen LogP contribution in [0.25, 0.3) is 16.7 Å². The normalized spacial score (nSPS) is 17.9. The van der Waals surface area contributed by atoms with Gasteiger partial charge >= 0.3 is 0 Å². The Hall–Kier alpha value is -3.67. The van der Waals surface area contributed by atoms with Crippen LogP contribution >= 0.6 is 0 Å². The minimum atomic E-state index is -0.809. The van der Waals surface area contributed by atoms with Crippen LogP contribution in [0.2, 0.25) is 0 Å². The Bertz CT molecular complexity index is 1220. The number of nitrogens with zero attached hydrogens (tertiary/aromatic N) is 7. The highest BCUT2D eigenvalue weighted by atomic mass is 19.1. The Labute approximate surface area is 194 Å². The molecule has 3 aromatic heterocycles. The van der Waals surface area contributed by atoms with Gasteiger partial charge in [-0.05, 0) is 33.0 Å². The van der Waals surface area contributed by atoms with Gasteiger partial charge in [-0.3, -0.25) is 14.4 Å². The molecule has 34 heavy (non-hydrogen) atoms. The smallest absolute Gasteiger partial charge is 0.295 e. The van der Waals surface area contributed by atoms with Crippen LogP contribution in [0.4, 0.5) is 4.39 Å². The molecule has 0 radical (unpaired) electrons. The van der Waals surface area contributed by atoms with Gasteiger partial charge in [0, 0.05) is 38.3 Å². The SMILES string of the molecule is CN1CCC(C(=O)N2CCN(C(=O)C(=O)c3c[nH]c4c(-n5ccnn5)ncc(F)c34)CC2)CC1. The first-order chi connectivity index (χ1) is 16.4. The number of pyridine rings is 1. The summed E-state index contributed by atoms with van der Waals surface area (Å²) in [4.78, 5) is 51.2. The van der Waals surface area contributed by atoms with Crippen molar-refractivity contribution in [3.05, 3.63) is 36.2 Å². The average Bonchev–Trinajstić information content (AvgIpc) is 3.55. The molecule has 12 heteroatoms. The fourth-order valence-electron chi connectivity index (χ4n) is 4.67. The second-order valence-electron chi connectivity index (χ2n) is 8.75. The van der Waals surface area contributed by atoms with Crippen molar-refractivity contribution in [1.29, 1.82) is 0 Å². The number of carbonyl (C=O) groups is 3. The molecule has 5 heterocycles. The van der Waals surface area contributed by atoms with Crippen LogP contribution in [0.15, 0.2) is 24.8 Å². The number of aromatic nitrogens is 5. The number of carbonyl (C=O) groups excluding carboxylic acids is 3. The fourth-order valence-corrected chi connectivity index (χ4v) is 4.67. The summed E-state index contributed by atoms with van der Waals surface area (Å²) in [5.74, 6) is -1.84. The number of likely N-dealkylation sites (tertiary alicyclic amines) is 1. The van der Waals surface area contributed by atoms with Crippen molar-refractivity contribution in [3.8, 4) is 5.82 Å². The zero-order chi connectivity index (χ0) is 23.8. The van der Waals surface area contributed by atoms with Gasteiger partial charge in [0.05, 0.1) is 35.1 Å². The molecule has 2 saturated heterocycles. The Morgan fingerprint density at radius 3 is 2.44 bits per heavy atom. The third-order valence-corrected chi connectivity index (χ3v) is 6.67. The van der Waals surface area contributed by atoms with Crippen LogP contribution in [0.5, 0.6) is 0 Å². The molecule has 0 saturated carbocycles. The first-order valence-corrected chi connectivity index (χ1v) is 11.3. The molecule has 2 aliphatic heterocycles. The monoisotopic (exact) mass is 468 g/mol. The van der Waals surface area contributed by atoms with E-state index < -0.39 is 17.5 Å². The maximum absolute atomic E-state index is 14.7. The third kappa shape index (κ3) is 3.94. The highest BCUT2D eigenvalue weighted by Gasteiger charge is 2.33. The van der Waals surface area contributed by atoms with Crippen LogP contribution in [-0.2, 0) is 9.59 Å². The molecule has 0 atom stereocenters. The Kier molecular flexibility index (Phi) is 5.82. The summed E-state index contributed by atoms with van der Waals surface area (Å²) in [5.41, 5.74) is 0.182. The van der Waals surface area contributed by atoms with Gasteiger partial charge in [-0.15, -0.1) is 5.10 Å². The number of halogens is 1. The van der Waals surface area contributed by atoms with E-state index in [4.69, 9.17) is 0 Å². The summed E-state index contributed by atoms with van der Waals surface area (Å²) in [5, 5.41) is 7.55. The van der Waals surface area contributed by atoms with Gasteiger partial charge in [-0.1, -0.05) is 5.21 Å². The number of hydrogen-bond donors (Lipinski definition) is 1. The van der Waals surface area contributed by atoms with Crippen molar-refractivity contribution in [2.75, 3.05) is 46.3 Å². The molecule has 178 valence electrons. The van der Waals surface area contributed by atoms with E-state index >= 15 is 0 Å². The topological polar surface area (TPSA) is 120 Å². The number of rotatable bonds is 4. The second-order valence-corrected chi connectivity index (χ2v) is 8.75. The van der Waals surface area contributed by atoms with Gasteiger partial charge in [0.25, 0.3) is 11.7 Å². The van der Waals surface area contributed by atoms with Crippen molar-refractivity contribution < 1.29 is 18.8 Å². The Morgan fingerprint density at radius 1 is 1.06 bits per heavy atom. The molecule has 11 nitrogen and oxygen atoms in total. The van der Waals surface area contributed by atoms with Gasteiger partial charge in [0.2, 0.25) is 5.91 Å². The summed E-state index contributed by atoms with van der Waals surface area (Å²) in [6.07, 6.45) is 6.97. The number of piperidine rings is 1. The van der Waals surface area contributed by atoms with Crippen LogP contribution in [-0.4, -0.2) is 104 Å². The lowest BCUT2D eigenvalue weighted by Gasteiger charge is -2.37. The largest absolute Gasteiger partial charge is 0.357 e. The number of H-pyrrole nitrogens is 1. The van der Waals surface area contributed by atoms with Crippen molar-refractivity contribution in [2.45, 2.75) is 12.8 Å². The third-order valence-electron chi connectivity index (χ3n) is 6.67. The van der Waals surface area contributed by atoms with Gasteiger partial charge in [-0.2, -0.15) is 0 Å². The predicted octanol–water partition coefficient (Wildman–Crippen LogP) is 0.478. The summed E-state index contributed by atoms with van der Waals surface area (Å²) < 4.78 is 16.0. The molecular formula is C22H25FN8O3. The highest BCUT2D eigenvalue weighted by Crippen LogP contribution is 2.26. The van der Waals surface area contributed by atoms with E-state index in [0.717, 1.165) is 32.1 Å². The fraction of sp³-hybridized carbons (Fsp3) is 0.455. The molecule has 0 unspecified atom stereocenters. The highest BCUT2D eigenvalue weighted by molar-refractivity contribution is 6.45. The average molecular weight is 468 g/mol. The van der Waals surface area contributed by atoms with Crippen molar-refractivity contribution in [1.82, 2.24) is 39.7 Å². The van der Waals surface area contributed by atoms with Gasteiger partial charge in [-0.25, -0.2) is 14.1 Å². The molecule has 0 spiro atoms. The molecule has 3 aromatic rings. The first-order valence-electron chi connectivity index (χ1n) is 11.3. The van der Waals surface area contributed by atoms with Gasteiger partial charge < -0.3 is 19.7 Å². The maximum atomic E-state index is 14.7. The van der Waals surface area contributed by atoms with Gasteiger partial charge in [0.1, 0.15) is 0 Å². The van der Waals surface area contributed by atoms with Crippen LogP contribution in [0.3, 0.4) is 0 Å². The summed E-state index contributed by atoms with van der Waals surface area (Å²) in [6, 6.07) is 0. The molecule has 0 bridgehead atoms. The molecule has 0 aromatic carbocycles. The number of nitrogens with one attached hydrogen (secondary N) is 1. The predicted molar refractivity (Wildman–Crippen MR) is 119 cm³/mol. The van der Waals surface area contributed by atoms with E-state index in [1.807, 2.05) is 7.05 Å². The van der Waals surface area contributed by atoms with E-state index in [9.17, 15) is 18.8 Å². The number of aromatic amines is 1. The number of ketones is 1. The summed E-state index contributed by atoms with van der Waals surface area (Å²) >= 11 is 0. The lowest BCUT2D eigenvalue weighted by molar-refractivity contribution is -0.141. The summed E-state index contributed by atoms with van der Waals surface area (Å²) in [7, 11) is 2.05. The quantitative estimate of drug-likeness (QED) is 0.437. The zero-order valence-corrected chi connectivity index (χ0v) is 18.8. The van der Waals surface area contributed by atoms with Crippen LogP contribution < -0.4 is 0 Å². The van der Waals surface area contributed by atoms with Crippen molar-refractivity contribution >= 4 is 28.5 Å². The van der Waals surface area contributed by atoms with E-state index in [1.165, 1.54) is 22.0 Å². The van der Waals surface area contributed by atoms with Crippen molar-refractivity contribution in [3.63, 3.8) is 0 Å². The minimum absolute atomic E-state index is 0.0158. The molecule has 0 aliphatic carbocycles. The van der Waals surface area contributed by atoms with E-state index in [-0.39, 0.29) is 47.2 Å². The number of piperazine rings is 1. The Balaban J connectivity index is 1.28. The van der Waals surface area contributed by atoms with E-state index in [2.05, 4.69) is 25.2 Å². The number of Topliss-reactive ketones (excluding diaryl/α,β-unsaturated/α-hetero) is 1.